The molecule has 1 aromatic rings. The molecule has 1 N–H and O–H groups in total. The number of aryl methyl sites for hydroxylation is 1. The average Bonchev–Trinajstić information content (AvgIpc) is 2.26. The van der Waals surface area contributed by atoms with Crippen LogP contribution < -0.4 is 0 Å². The largest absolute Gasteiger partial charge is 0.389 e. The van der Waals surface area contributed by atoms with E-state index in [0.717, 1.165) is 13.0 Å². The second-order valence-electron chi connectivity index (χ2n) is 5.87. The Hall–Kier alpha value is -0.860. The third-order valence-corrected chi connectivity index (χ3v) is 3.00. The fourth-order valence-electron chi connectivity index (χ4n) is 2.22. The van der Waals surface area contributed by atoms with Gasteiger partial charge in [0.1, 0.15) is 0 Å². The normalized spacial score (nSPS) is 12.1. The number of rotatable bonds is 7. The van der Waals surface area contributed by atoms with Crippen molar-refractivity contribution in [2.45, 2.75) is 45.6 Å². The second-order valence-corrected chi connectivity index (χ2v) is 5.87. The lowest BCUT2D eigenvalue weighted by atomic mass is 10.1. The van der Waals surface area contributed by atoms with Crippen LogP contribution in [0.2, 0.25) is 0 Å². The zero-order valence-electron chi connectivity index (χ0n) is 12.2. The van der Waals surface area contributed by atoms with Crippen molar-refractivity contribution in [2.75, 3.05) is 20.1 Å². The average molecular weight is 249 g/mol. The number of nitrogens with zero attached hydrogens (tertiary/aromatic N) is 1. The standard InChI is InChI=1S/C16H27NO/c1-5-6-14-7-9-15(10-8-14)11-12-17(4)13-16(2,3)18/h7-10,18H,5-6,11-13H2,1-4H3. The molecular formula is C16H27NO. The van der Waals surface area contributed by atoms with Gasteiger partial charge in [0, 0.05) is 13.1 Å². The van der Waals surface area contributed by atoms with Crippen LogP contribution in [0, 0.1) is 0 Å². The van der Waals surface area contributed by atoms with E-state index in [1.807, 2.05) is 13.8 Å². The van der Waals surface area contributed by atoms with Gasteiger partial charge in [-0.1, -0.05) is 37.6 Å². The topological polar surface area (TPSA) is 23.5 Å². The van der Waals surface area contributed by atoms with Gasteiger partial charge >= 0.3 is 0 Å². The fourth-order valence-corrected chi connectivity index (χ4v) is 2.22. The minimum absolute atomic E-state index is 0.611. The van der Waals surface area contributed by atoms with E-state index in [0.29, 0.717) is 6.54 Å². The maximum absolute atomic E-state index is 9.74. The van der Waals surface area contributed by atoms with E-state index in [9.17, 15) is 5.11 Å². The maximum Gasteiger partial charge on any atom is 0.0718 e. The summed E-state index contributed by atoms with van der Waals surface area (Å²) in [6, 6.07) is 8.91. The van der Waals surface area contributed by atoms with E-state index in [2.05, 4.69) is 43.1 Å². The first-order chi connectivity index (χ1) is 8.40. The molecule has 2 heteroatoms. The maximum atomic E-state index is 9.74. The van der Waals surface area contributed by atoms with Crippen molar-refractivity contribution in [3.05, 3.63) is 35.4 Å². The van der Waals surface area contributed by atoms with Gasteiger partial charge in [0.25, 0.3) is 0 Å². The molecule has 1 aromatic carbocycles. The summed E-state index contributed by atoms with van der Waals surface area (Å²) in [6.07, 6.45) is 3.41. The SMILES string of the molecule is CCCc1ccc(CCN(C)CC(C)(C)O)cc1. The Kier molecular flexibility index (Phi) is 5.83. The predicted molar refractivity (Wildman–Crippen MR) is 77.9 cm³/mol. The quantitative estimate of drug-likeness (QED) is 0.803. The smallest absolute Gasteiger partial charge is 0.0718 e. The Bertz CT molecular complexity index is 337. The zero-order chi connectivity index (χ0) is 13.6. The summed E-state index contributed by atoms with van der Waals surface area (Å²) in [6.45, 7) is 7.60. The molecule has 0 saturated heterocycles. The minimum Gasteiger partial charge on any atom is -0.389 e. The van der Waals surface area contributed by atoms with Crippen molar-refractivity contribution in [2.24, 2.45) is 0 Å². The minimum atomic E-state index is -0.611. The molecule has 0 saturated carbocycles. The van der Waals surface area contributed by atoms with Crippen molar-refractivity contribution >= 4 is 0 Å². The molecule has 1 rings (SSSR count). The molecule has 0 spiro atoms. The number of likely N-dealkylation sites (N-methyl/N-ethyl adjacent to an activating group) is 1. The third-order valence-electron chi connectivity index (χ3n) is 3.00. The molecular weight excluding hydrogens is 222 g/mol. The summed E-state index contributed by atoms with van der Waals surface area (Å²) >= 11 is 0. The van der Waals surface area contributed by atoms with Gasteiger partial charge in [-0.25, -0.2) is 0 Å². The van der Waals surface area contributed by atoms with Gasteiger partial charge in [0.15, 0.2) is 0 Å². The number of hydrogen-bond acceptors (Lipinski definition) is 2. The lowest BCUT2D eigenvalue weighted by Gasteiger charge is -2.25. The van der Waals surface area contributed by atoms with Gasteiger partial charge in [-0.2, -0.15) is 0 Å². The van der Waals surface area contributed by atoms with Crippen LogP contribution >= 0.6 is 0 Å². The molecule has 0 aliphatic heterocycles. The summed E-state index contributed by atoms with van der Waals surface area (Å²) in [4.78, 5) is 2.18. The Labute approximate surface area is 112 Å². The van der Waals surface area contributed by atoms with Crippen molar-refractivity contribution in [1.82, 2.24) is 4.90 Å². The molecule has 0 aromatic heterocycles. The summed E-state index contributed by atoms with van der Waals surface area (Å²) in [5.41, 5.74) is 2.18. The number of hydrogen-bond donors (Lipinski definition) is 1. The molecule has 2 nitrogen and oxygen atoms in total. The Morgan fingerprint density at radius 1 is 1.06 bits per heavy atom. The summed E-state index contributed by atoms with van der Waals surface area (Å²) in [5.74, 6) is 0. The molecule has 102 valence electrons. The van der Waals surface area contributed by atoms with Crippen LogP contribution in [0.25, 0.3) is 0 Å². The van der Waals surface area contributed by atoms with Crippen LogP contribution in [0.5, 0.6) is 0 Å². The number of benzene rings is 1. The first-order valence-corrected chi connectivity index (χ1v) is 6.89. The predicted octanol–water partition coefficient (Wildman–Crippen LogP) is 2.88. The molecule has 0 atom stereocenters. The Morgan fingerprint density at radius 3 is 2.00 bits per heavy atom. The van der Waals surface area contributed by atoms with Crippen LogP contribution in [0.15, 0.2) is 24.3 Å². The highest BCUT2D eigenvalue weighted by Gasteiger charge is 2.14. The van der Waals surface area contributed by atoms with E-state index in [1.54, 1.807) is 0 Å². The van der Waals surface area contributed by atoms with Gasteiger partial charge in [0.05, 0.1) is 5.60 Å². The first kappa shape index (κ1) is 15.2. The first-order valence-electron chi connectivity index (χ1n) is 6.89. The third kappa shape index (κ3) is 6.18. The van der Waals surface area contributed by atoms with Gasteiger partial charge in [-0.05, 0) is 44.9 Å². The molecule has 0 fully saturated rings. The highest BCUT2D eigenvalue weighted by molar-refractivity contribution is 5.22. The zero-order valence-corrected chi connectivity index (χ0v) is 12.2. The highest BCUT2D eigenvalue weighted by Crippen LogP contribution is 2.09. The van der Waals surface area contributed by atoms with Crippen LogP contribution in [-0.4, -0.2) is 35.7 Å². The molecule has 0 radical (unpaired) electrons. The van der Waals surface area contributed by atoms with Gasteiger partial charge < -0.3 is 10.0 Å². The van der Waals surface area contributed by atoms with Crippen LogP contribution in [0.1, 0.15) is 38.3 Å². The van der Waals surface area contributed by atoms with Gasteiger partial charge in [0.2, 0.25) is 0 Å². The van der Waals surface area contributed by atoms with E-state index < -0.39 is 5.60 Å². The molecule has 0 aliphatic rings. The van der Waals surface area contributed by atoms with Crippen LogP contribution in [0.4, 0.5) is 0 Å². The fraction of sp³-hybridized carbons (Fsp3) is 0.625. The van der Waals surface area contributed by atoms with E-state index in [1.165, 1.54) is 24.0 Å². The van der Waals surface area contributed by atoms with Crippen molar-refractivity contribution in [3.63, 3.8) is 0 Å². The Morgan fingerprint density at radius 2 is 1.56 bits per heavy atom. The highest BCUT2D eigenvalue weighted by atomic mass is 16.3. The van der Waals surface area contributed by atoms with Crippen molar-refractivity contribution in [3.8, 4) is 0 Å². The Balaban J connectivity index is 2.39. The molecule has 0 aliphatic carbocycles. The van der Waals surface area contributed by atoms with Crippen LogP contribution in [-0.2, 0) is 12.8 Å². The lowest BCUT2D eigenvalue weighted by Crippen LogP contribution is -2.37. The lowest BCUT2D eigenvalue weighted by molar-refractivity contribution is 0.0450. The monoisotopic (exact) mass is 249 g/mol. The van der Waals surface area contributed by atoms with Crippen molar-refractivity contribution < 1.29 is 5.11 Å². The molecule has 0 bridgehead atoms. The summed E-state index contributed by atoms with van der Waals surface area (Å²) in [5, 5.41) is 9.74. The van der Waals surface area contributed by atoms with Gasteiger partial charge in [-0.3, -0.25) is 0 Å². The number of aliphatic hydroxyl groups is 1. The van der Waals surface area contributed by atoms with Crippen molar-refractivity contribution in [1.29, 1.82) is 0 Å². The molecule has 0 heterocycles. The summed E-state index contributed by atoms with van der Waals surface area (Å²) in [7, 11) is 2.06. The van der Waals surface area contributed by atoms with Gasteiger partial charge in [-0.15, -0.1) is 0 Å². The van der Waals surface area contributed by atoms with E-state index in [-0.39, 0.29) is 0 Å². The van der Waals surface area contributed by atoms with E-state index in [4.69, 9.17) is 0 Å². The van der Waals surface area contributed by atoms with Crippen LogP contribution in [0.3, 0.4) is 0 Å². The molecule has 0 unspecified atom stereocenters. The second kappa shape index (κ2) is 6.91. The van der Waals surface area contributed by atoms with E-state index >= 15 is 0 Å². The molecule has 18 heavy (non-hydrogen) atoms. The summed E-state index contributed by atoms with van der Waals surface area (Å²) < 4.78 is 0. The molecule has 0 amide bonds.